The van der Waals surface area contributed by atoms with Gasteiger partial charge in [-0.2, -0.15) is 0 Å². The Morgan fingerprint density at radius 2 is 1.87 bits per heavy atom. The number of H-pyrrole nitrogens is 1. The zero-order chi connectivity index (χ0) is 21.4. The molecule has 0 saturated heterocycles. The van der Waals surface area contributed by atoms with E-state index in [4.69, 9.17) is 0 Å². The van der Waals surface area contributed by atoms with Crippen molar-refractivity contribution in [2.45, 2.75) is 37.8 Å². The number of rotatable bonds is 5. The molecule has 2 heterocycles. The maximum Gasteiger partial charge on any atom is 0.260 e. The lowest BCUT2D eigenvalue weighted by atomic mass is 9.89. The number of ketones is 1. The number of Topliss-reactive ketones (excluding diaryl/α,β-unsaturated/α-hetero) is 1. The lowest BCUT2D eigenvalue weighted by Gasteiger charge is -2.16. The molecule has 0 aliphatic heterocycles. The Bertz CT molecular complexity index is 1340. The number of nitrogens with zero attached hydrogens (tertiary/aromatic N) is 1. The third-order valence-electron chi connectivity index (χ3n) is 5.80. The minimum Gasteiger partial charge on any atom is -0.301 e. The molecule has 0 spiro atoms. The predicted octanol–water partition coefficient (Wildman–Crippen LogP) is 5.81. The van der Waals surface area contributed by atoms with Crippen molar-refractivity contribution in [1.82, 2.24) is 9.97 Å². The van der Waals surface area contributed by atoms with Gasteiger partial charge >= 0.3 is 0 Å². The van der Waals surface area contributed by atoms with Crippen LogP contribution in [-0.2, 0) is 12.8 Å². The van der Waals surface area contributed by atoms with E-state index in [1.165, 1.54) is 47.1 Å². The number of carbonyl (C=O) groups excluding carboxylic acids is 1. The predicted molar refractivity (Wildman–Crippen MR) is 129 cm³/mol. The Labute approximate surface area is 188 Å². The molecular formula is C25H22N2O2S2. The third-order valence-corrected chi connectivity index (χ3v) is 7.54. The van der Waals surface area contributed by atoms with Crippen LogP contribution >= 0.6 is 23.1 Å². The summed E-state index contributed by atoms with van der Waals surface area (Å²) in [6.45, 7) is 1.99. The van der Waals surface area contributed by atoms with Crippen LogP contribution in [0.5, 0.6) is 0 Å². The topological polar surface area (TPSA) is 62.8 Å². The van der Waals surface area contributed by atoms with Crippen molar-refractivity contribution >= 4 is 39.1 Å². The van der Waals surface area contributed by atoms with Crippen LogP contribution in [0.15, 0.2) is 57.8 Å². The van der Waals surface area contributed by atoms with E-state index >= 15 is 0 Å². The highest BCUT2D eigenvalue weighted by Crippen LogP contribution is 2.34. The summed E-state index contributed by atoms with van der Waals surface area (Å²) >= 11 is 2.75. The van der Waals surface area contributed by atoms with E-state index in [0.717, 1.165) is 29.5 Å². The number of hydrogen-bond donors (Lipinski definition) is 1. The van der Waals surface area contributed by atoms with Gasteiger partial charge in [-0.15, -0.1) is 11.3 Å². The first-order chi connectivity index (χ1) is 15.1. The first kappa shape index (κ1) is 20.2. The van der Waals surface area contributed by atoms with Gasteiger partial charge in [0.1, 0.15) is 4.83 Å². The van der Waals surface area contributed by atoms with E-state index in [1.807, 2.05) is 36.6 Å². The summed E-state index contributed by atoms with van der Waals surface area (Å²) in [7, 11) is 0. The summed E-state index contributed by atoms with van der Waals surface area (Å²) < 4.78 is 0. The molecule has 0 unspecified atom stereocenters. The highest BCUT2D eigenvalue weighted by Gasteiger charge is 2.16. The van der Waals surface area contributed by atoms with Crippen molar-refractivity contribution in [2.24, 2.45) is 0 Å². The maximum absolute atomic E-state index is 12.9. The zero-order valence-corrected chi connectivity index (χ0v) is 18.9. The fourth-order valence-electron chi connectivity index (χ4n) is 4.07. The summed E-state index contributed by atoms with van der Waals surface area (Å²) in [6, 6.07) is 14.1. The van der Waals surface area contributed by atoms with Crippen molar-refractivity contribution in [3.8, 4) is 11.1 Å². The molecule has 0 amide bonds. The average molecular weight is 447 g/mol. The molecule has 156 valence electrons. The molecule has 2 aromatic carbocycles. The van der Waals surface area contributed by atoms with Gasteiger partial charge in [0.25, 0.3) is 5.56 Å². The molecule has 31 heavy (non-hydrogen) atoms. The number of thiophene rings is 1. The van der Waals surface area contributed by atoms with Crippen molar-refractivity contribution in [1.29, 1.82) is 0 Å². The second-order valence-electron chi connectivity index (χ2n) is 7.97. The molecule has 0 radical (unpaired) electrons. The van der Waals surface area contributed by atoms with Crippen LogP contribution in [-0.4, -0.2) is 21.5 Å². The second-order valence-corrected chi connectivity index (χ2v) is 9.79. The molecule has 0 bridgehead atoms. The molecule has 1 N–H and O–H groups in total. The Morgan fingerprint density at radius 1 is 1.10 bits per heavy atom. The first-order valence-corrected chi connectivity index (χ1v) is 12.3. The highest BCUT2D eigenvalue weighted by molar-refractivity contribution is 7.99. The molecule has 4 nitrogen and oxygen atoms in total. The number of nitrogens with one attached hydrogen (secondary N) is 1. The highest BCUT2D eigenvalue weighted by atomic mass is 32.2. The van der Waals surface area contributed by atoms with Gasteiger partial charge in [0.2, 0.25) is 0 Å². The van der Waals surface area contributed by atoms with Gasteiger partial charge in [-0.3, -0.25) is 9.59 Å². The number of thioether (sulfide) groups is 1. The van der Waals surface area contributed by atoms with Crippen molar-refractivity contribution in [3.63, 3.8) is 0 Å². The first-order valence-electron chi connectivity index (χ1n) is 10.4. The van der Waals surface area contributed by atoms with Crippen LogP contribution in [0.1, 0.15) is 39.9 Å². The van der Waals surface area contributed by atoms with E-state index < -0.39 is 0 Å². The summed E-state index contributed by atoms with van der Waals surface area (Å²) in [4.78, 5) is 33.6. The Hall–Kier alpha value is -2.70. The minimum absolute atomic E-state index is 0.0219. The maximum atomic E-state index is 12.9. The van der Waals surface area contributed by atoms with Gasteiger partial charge in [-0.25, -0.2) is 4.98 Å². The molecule has 1 aliphatic rings. The number of aryl methyl sites for hydroxylation is 3. The number of hydrogen-bond acceptors (Lipinski definition) is 5. The quantitative estimate of drug-likeness (QED) is 0.239. The molecule has 5 rings (SSSR count). The van der Waals surface area contributed by atoms with Crippen LogP contribution in [0, 0.1) is 6.92 Å². The summed E-state index contributed by atoms with van der Waals surface area (Å²) in [5.74, 6) is 0.259. The summed E-state index contributed by atoms with van der Waals surface area (Å²) in [5.41, 5.74) is 6.49. The van der Waals surface area contributed by atoms with Gasteiger partial charge in [0.05, 0.1) is 11.1 Å². The smallest absolute Gasteiger partial charge is 0.260 e. The molecule has 0 atom stereocenters. The number of carbonyl (C=O) groups is 1. The molecule has 2 aromatic heterocycles. The zero-order valence-electron chi connectivity index (χ0n) is 17.2. The van der Waals surface area contributed by atoms with E-state index in [2.05, 4.69) is 28.2 Å². The fourth-order valence-corrected chi connectivity index (χ4v) is 5.83. The number of benzene rings is 2. The fraction of sp³-hybridized carbons (Fsp3) is 0.240. The Balaban J connectivity index is 1.40. The normalized spacial score (nSPS) is 13.3. The minimum atomic E-state index is -0.149. The van der Waals surface area contributed by atoms with Crippen LogP contribution in [0.3, 0.4) is 0 Å². The lowest BCUT2D eigenvalue weighted by molar-refractivity contribution is 0.102. The van der Waals surface area contributed by atoms with Crippen molar-refractivity contribution in [3.05, 3.63) is 80.5 Å². The Morgan fingerprint density at radius 3 is 2.68 bits per heavy atom. The number of fused-ring (bicyclic) bond motifs is 2. The van der Waals surface area contributed by atoms with Crippen LogP contribution in [0.4, 0.5) is 0 Å². The summed E-state index contributed by atoms with van der Waals surface area (Å²) in [5, 5.41) is 3.13. The van der Waals surface area contributed by atoms with Crippen molar-refractivity contribution < 1.29 is 4.79 Å². The van der Waals surface area contributed by atoms with Gasteiger partial charge in [-0.05, 0) is 49.3 Å². The number of aromatic amines is 1. The standard InChI is InChI=1S/C25H22N2O2S2/c1-15-6-8-17(9-7-15)21(28)14-31-25-26-23(29)22-20(13-30-24(22)27-25)19-11-10-16-4-2-3-5-18(16)12-19/h6-13H,2-5,14H2,1H3,(H,26,27,29). The molecular weight excluding hydrogens is 424 g/mol. The van der Waals surface area contributed by atoms with Gasteiger partial charge in [0, 0.05) is 16.5 Å². The Kier molecular flexibility index (Phi) is 5.50. The monoisotopic (exact) mass is 446 g/mol. The molecule has 1 aliphatic carbocycles. The lowest BCUT2D eigenvalue weighted by Crippen LogP contribution is -2.10. The van der Waals surface area contributed by atoms with E-state index in [0.29, 0.717) is 20.9 Å². The average Bonchev–Trinajstić information content (AvgIpc) is 3.22. The molecule has 0 fully saturated rings. The summed E-state index contributed by atoms with van der Waals surface area (Å²) in [6.07, 6.45) is 4.73. The largest absolute Gasteiger partial charge is 0.301 e. The van der Waals surface area contributed by atoms with E-state index in [9.17, 15) is 9.59 Å². The van der Waals surface area contributed by atoms with E-state index in [1.54, 1.807) is 0 Å². The molecule has 0 saturated carbocycles. The van der Waals surface area contributed by atoms with Gasteiger partial charge < -0.3 is 4.98 Å². The van der Waals surface area contributed by atoms with Gasteiger partial charge in [-0.1, -0.05) is 59.8 Å². The van der Waals surface area contributed by atoms with E-state index in [-0.39, 0.29) is 17.1 Å². The van der Waals surface area contributed by atoms with Gasteiger partial charge in [0.15, 0.2) is 10.9 Å². The number of aromatic nitrogens is 2. The van der Waals surface area contributed by atoms with Crippen molar-refractivity contribution in [2.75, 3.05) is 5.75 Å². The third kappa shape index (κ3) is 4.10. The van der Waals surface area contributed by atoms with Crippen LogP contribution < -0.4 is 5.56 Å². The SMILES string of the molecule is Cc1ccc(C(=O)CSc2nc3scc(-c4ccc5c(c4)CCCC5)c3c(=O)[nH]2)cc1. The molecule has 4 aromatic rings. The second kappa shape index (κ2) is 8.44. The van der Waals surface area contributed by atoms with Crippen LogP contribution in [0.25, 0.3) is 21.3 Å². The molecule has 6 heteroatoms. The van der Waals surface area contributed by atoms with Crippen LogP contribution in [0.2, 0.25) is 0 Å².